The number of alkyl carbamates (subject to hydrolysis) is 1. The van der Waals surface area contributed by atoms with Crippen LogP contribution in [0.4, 0.5) is 4.79 Å². The first-order valence-electron chi connectivity index (χ1n) is 11.0. The highest BCUT2D eigenvalue weighted by Gasteiger charge is 2.23. The zero-order chi connectivity index (χ0) is 22.9. The molecule has 4 aromatic rings. The summed E-state index contributed by atoms with van der Waals surface area (Å²) in [7, 11) is 0. The molecule has 6 nitrogen and oxygen atoms in total. The Hall–Kier alpha value is -4.06. The number of carbonyl (C=O) groups excluding carboxylic acids is 2. The maximum atomic E-state index is 13.0. The fourth-order valence-corrected chi connectivity index (χ4v) is 3.73. The molecule has 0 aliphatic heterocycles. The van der Waals surface area contributed by atoms with Crippen molar-refractivity contribution in [3.63, 3.8) is 0 Å². The molecule has 2 amide bonds. The van der Waals surface area contributed by atoms with E-state index in [9.17, 15) is 9.59 Å². The number of benzene rings is 3. The molecule has 3 N–H and O–H groups in total. The summed E-state index contributed by atoms with van der Waals surface area (Å²) in [6.07, 6.45) is 2.32. The van der Waals surface area contributed by atoms with Crippen LogP contribution in [0.25, 0.3) is 10.9 Å². The van der Waals surface area contributed by atoms with Gasteiger partial charge in [0.1, 0.15) is 12.6 Å². The number of hydrogen-bond donors (Lipinski definition) is 3. The number of aromatic amines is 1. The predicted octanol–water partition coefficient (Wildman–Crippen LogP) is 4.36. The second-order valence-electron chi connectivity index (χ2n) is 7.85. The van der Waals surface area contributed by atoms with Gasteiger partial charge in [0.2, 0.25) is 5.91 Å². The zero-order valence-electron chi connectivity index (χ0n) is 18.3. The molecule has 168 valence electrons. The Morgan fingerprint density at radius 1 is 0.848 bits per heavy atom. The van der Waals surface area contributed by atoms with E-state index in [0.717, 1.165) is 27.6 Å². The predicted molar refractivity (Wildman–Crippen MR) is 129 cm³/mol. The lowest BCUT2D eigenvalue weighted by Gasteiger charge is -2.18. The summed E-state index contributed by atoms with van der Waals surface area (Å²) in [5, 5.41) is 6.73. The first-order valence-corrected chi connectivity index (χ1v) is 11.0. The lowest BCUT2D eigenvalue weighted by atomic mass is 10.0. The van der Waals surface area contributed by atoms with Gasteiger partial charge in [-0.15, -0.1) is 0 Å². The number of carbonyl (C=O) groups is 2. The third kappa shape index (κ3) is 6.23. The highest BCUT2D eigenvalue weighted by Crippen LogP contribution is 2.19. The molecule has 0 saturated carbocycles. The van der Waals surface area contributed by atoms with Crippen LogP contribution in [0, 0.1) is 0 Å². The lowest BCUT2D eigenvalue weighted by Crippen LogP contribution is -2.48. The number of H-pyrrole nitrogens is 1. The van der Waals surface area contributed by atoms with Gasteiger partial charge in [0.25, 0.3) is 0 Å². The zero-order valence-corrected chi connectivity index (χ0v) is 18.3. The van der Waals surface area contributed by atoms with Crippen molar-refractivity contribution in [1.29, 1.82) is 0 Å². The Kier molecular flexibility index (Phi) is 7.38. The maximum Gasteiger partial charge on any atom is 0.408 e. The molecule has 1 atom stereocenters. The smallest absolute Gasteiger partial charge is 0.408 e. The van der Waals surface area contributed by atoms with Crippen LogP contribution in [0.2, 0.25) is 0 Å². The van der Waals surface area contributed by atoms with Crippen LogP contribution in [-0.2, 0) is 29.0 Å². The van der Waals surface area contributed by atoms with Crippen molar-refractivity contribution in [1.82, 2.24) is 15.6 Å². The van der Waals surface area contributed by atoms with E-state index in [-0.39, 0.29) is 12.5 Å². The van der Waals surface area contributed by atoms with E-state index in [4.69, 9.17) is 4.74 Å². The number of fused-ring (bicyclic) bond motifs is 1. The van der Waals surface area contributed by atoms with E-state index in [1.165, 1.54) is 0 Å². The van der Waals surface area contributed by atoms with Gasteiger partial charge in [0, 0.05) is 30.1 Å². The minimum atomic E-state index is -0.761. The second-order valence-corrected chi connectivity index (χ2v) is 7.85. The summed E-state index contributed by atoms with van der Waals surface area (Å²) >= 11 is 0. The van der Waals surface area contributed by atoms with E-state index < -0.39 is 12.1 Å². The molecule has 0 bridgehead atoms. The van der Waals surface area contributed by atoms with Gasteiger partial charge >= 0.3 is 6.09 Å². The molecule has 0 aliphatic carbocycles. The summed E-state index contributed by atoms with van der Waals surface area (Å²) in [5.74, 6) is -0.243. The maximum absolute atomic E-state index is 13.0. The Bertz CT molecular complexity index is 1190. The van der Waals surface area contributed by atoms with Crippen molar-refractivity contribution in [2.24, 2.45) is 0 Å². The Morgan fingerprint density at radius 2 is 1.52 bits per heavy atom. The molecule has 1 aromatic heterocycles. The van der Waals surface area contributed by atoms with Gasteiger partial charge < -0.3 is 20.4 Å². The average molecular weight is 442 g/mol. The molecular weight excluding hydrogens is 414 g/mol. The number of ether oxygens (including phenoxy) is 1. The molecule has 6 heteroatoms. The number of nitrogens with one attached hydrogen (secondary N) is 3. The van der Waals surface area contributed by atoms with Gasteiger partial charge in [-0.2, -0.15) is 0 Å². The average Bonchev–Trinajstić information content (AvgIpc) is 3.26. The highest BCUT2D eigenvalue weighted by molar-refractivity contribution is 5.88. The van der Waals surface area contributed by atoms with Gasteiger partial charge in [0.05, 0.1) is 0 Å². The van der Waals surface area contributed by atoms with Crippen molar-refractivity contribution < 1.29 is 14.3 Å². The topological polar surface area (TPSA) is 83.2 Å². The van der Waals surface area contributed by atoms with Crippen LogP contribution < -0.4 is 10.6 Å². The van der Waals surface area contributed by atoms with E-state index >= 15 is 0 Å². The third-order valence-corrected chi connectivity index (χ3v) is 5.48. The number of aromatic nitrogens is 1. The Labute approximate surface area is 193 Å². The van der Waals surface area contributed by atoms with Gasteiger partial charge in [-0.05, 0) is 29.2 Å². The molecule has 0 aliphatic rings. The molecule has 3 aromatic carbocycles. The van der Waals surface area contributed by atoms with E-state index in [1.54, 1.807) is 0 Å². The lowest BCUT2D eigenvalue weighted by molar-refractivity contribution is -0.123. The monoisotopic (exact) mass is 441 g/mol. The fourth-order valence-electron chi connectivity index (χ4n) is 3.73. The van der Waals surface area contributed by atoms with Gasteiger partial charge in [-0.25, -0.2) is 4.79 Å². The minimum absolute atomic E-state index is 0.141. The summed E-state index contributed by atoms with van der Waals surface area (Å²) in [5.41, 5.74) is 3.97. The molecule has 0 spiro atoms. The normalized spacial score (nSPS) is 11.6. The van der Waals surface area contributed by atoms with Crippen LogP contribution in [0.1, 0.15) is 16.7 Å². The molecule has 1 heterocycles. The van der Waals surface area contributed by atoms with Crippen molar-refractivity contribution in [2.45, 2.75) is 25.5 Å². The summed E-state index contributed by atoms with van der Waals surface area (Å²) < 4.78 is 5.35. The summed E-state index contributed by atoms with van der Waals surface area (Å²) in [6, 6.07) is 26.5. The SMILES string of the molecule is O=C(N[C@@H](Cc1c[nH]c2ccccc12)C(=O)NCCc1ccccc1)OCc1ccccc1. The van der Waals surface area contributed by atoms with Crippen molar-refractivity contribution in [2.75, 3.05) is 6.54 Å². The number of rotatable bonds is 9. The number of hydrogen-bond acceptors (Lipinski definition) is 3. The van der Waals surface area contributed by atoms with Crippen molar-refractivity contribution in [3.05, 3.63) is 108 Å². The van der Waals surface area contributed by atoms with Gasteiger partial charge in [-0.3, -0.25) is 4.79 Å². The quantitative estimate of drug-likeness (QED) is 0.361. The van der Waals surface area contributed by atoms with E-state index in [2.05, 4.69) is 15.6 Å². The molecule has 0 radical (unpaired) electrons. The van der Waals surface area contributed by atoms with Crippen LogP contribution in [0.15, 0.2) is 91.1 Å². The number of amides is 2. The first kappa shape index (κ1) is 22.1. The van der Waals surface area contributed by atoms with Crippen molar-refractivity contribution in [3.8, 4) is 0 Å². The highest BCUT2D eigenvalue weighted by atomic mass is 16.5. The molecule has 4 rings (SSSR count). The molecule has 0 fully saturated rings. The number of para-hydroxylation sites is 1. The third-order valence-electron chi connectivity index (χ3n) is 5.48. The fraction of sp³-hybridized carbons (Fsp3) is 0.185. The summed E-state index contributed by atoms with van der Waals surface area (Å²) in [6.45, 7) is 0.621. The largest absolute Gasteiger partial charge is 0.445 e. The van der Waals surface area contributed by atoms with Crippen LogP contribution in [0.5, 0.6) is 0 Å². The van der Waals surface area contributed by atoms with Crippen LogP contribution in [-0.4, -0.2) is 29.6 Å². The molecule has 0 unspecified atom stereocenters. The standard InChI is InChI=1S/C27H27N3O3/c31-26(28-16-15-20-9-3-1-4-10-20)25(17-22-18-29-24-14-8-7-13-23(22)24)30-27(32)33-19-21-11-5-2-6-12-21/h1-14,18,25,29H,15-17,19H2,(H,28,31)(H,30,32)/t25-/m0/s1. The molecule has 0 saturated heterocycles. The Morgan fingerprint density at radius 3 is 2.27 bits per heavy atom. The summed E-state index contributed by atoms with van der Waals surface area (Å²) in [4.78, 5) is 28.7. The van der Waals surface area contributed by atoms with Gasteiger partial charge in [0.15, 0.2) is 0 Å². The van der Waals surface area contributed by atoms with Crippen LogP contribution >= 0.6 is 0 Å². The Balaban J connectivity index is 1.41. The molecular formula is C27H27N3O3. The van der Waals surface area contributed by atoms with E-state index in [0.29, 0.717) is 19.4 Å². The minimum Gasteiger partial charge on any atom is -0.445 e. The van der Waals surface area contributed by atoms with Crippen LogP contribution in [0.3, 0.4) is 0 Å². The molecule has 33 heavy (non-hydrogen) atoms. The van der Waals surface area contributed by atoms with Crippen molar-refractivity contribution >= 4 is 22.9 Å². The van der Waals surface area contributed by atoms with Gasteiger partial charge in [-0.1, -0.05) is 78.9 Å². The second kappa shape index (κ2) is 11.0. The first-order chi connectivity index (χ1) is 16.2. The van der Waals surface area contributed by atoms with E-state index in [1.807, 2.05) is 91.1 Å².